The third kappa shape index (κ3) is 13.6. The second-order valence-electron chi connectivity index (χ2n) is 5.16. The first-order chi connectivity index (χ1) is 9.85. The Labute approximate surface area is 124 Å². The van der Waals surface area contributed by atoms with E-state index in [-0.39, 0.29) is 6.79 Å². The van der Waals surface area contributed by atoms with Gasteiger partial charge in [0.25, 0.3) is 0 Å². The van der Waals surface area contributed by atoms with Crippen molar-refractivity contribution in [1.82, 2.24) is 0 Å². The molecule has 0 spiro atoms. The highest BCUT2D eigenvalue weighted by molar-refractivity contribution is 5.69. The van der Waals surface area contributed by atoms with E-state index in [0.29, 0.717) is 5.76 Å². The minimum atomic E-state index is 0.187. The number of hydrogen-bond acceptors (Lipinski definition) is 3. The fourth-order valence-corrected chi connectivity index (χ4v) is 1.92. The number of rotatable bonds is 15. The third-order valence-corrected chi connectivity index (χ3v) is 3.22. The maximum absolute atomic E-state index is 10.7. The second kappa shape index (κ2) is 16.2. The zero-order valence-electron chi connectivity index (χ0n) is 13.4. The van der Waals surface area contributed by atoms with Crippen molar-refractivity contribution in [1.29, 1.82) is 0 Å². The Bertz CT molecular complexity index is 236. The summed E-state index contributed by atoms with van der Waals surface area (Å²) in [7, 11) is 0. The van der Waals surface area contributed by atoms with Gasteiger partial charge in [0.15, 0.2) is 18.8 Å². The van der Waals surface area contributed by atoms with Crippen LogP contribution in [0, 0.1) is 0 Å². The van der Waals surface area contributed by atoms with Gasteiger partial charge in [0.05, 0.1) is 6.61 Å². The fraction of sp³-hybridized carbons (Fsp3) is 0.824. The van der Waals surface area contributed by atoms with Crippen LogP contribution in [-0.2, 0) is 14.3 Å². The average molecular weight is 284 g/mol. The number of hydrogen-bond donors (Lipinski definition) is 0. The lowest BCUT2D eigenvalue weighted by atomic mass is 10.1. The SMILES string of the molecule is CCCC/C=C(\C=O)OCOCCCCCCCCC. The number of allylic oxidation sites excluding steroid dienone is 2. The molecule has 3 heteroatoms. The summed E-state index contributed by atoms with van der Waals surface area (Å²) < 4.78 is 10.6. The molecule has 0 unspecified atom stereocenters. The van der Waals surface area contributed by atoms with Crippen LogP contribution >= 0.6 is 0 Å². The standard InChI is InChI=1S/C17H32O3/c1-3-5-7-8-9-10-12-14-19-16-20-17(15-18)13-11-6-4-2/h13,15H,3-12,14,16H2,1-2H3/b17-13+. The highest BCUT2D eigenvalue weighted by Gasteiger charge is 1.96. The van der Waals surface area contributed by atoms with E-state index in [1.165, 1.54) is 38.5 Å². The Morgan fingerprint density at radius 1 is 0.900 bits per heavy atom. The Morgan fingerprint density at radius 3 is 2.20 bits per heavy atom. The molecule has 3 nitrogen and oxygen atoms in total. The van der Waals surface area contributed by atoms with Crippen molar-refractivity contribution in [3.05, 3.63) is 11.8 Å². The lowest BCUT2D eigenvalue weighted by molar-refractivity contribution is -0.111. The summed E-state index contributed by atoms with van der Waals surface area (Å²) in [4.78, 5) is 10.7. The van der Waals surface area contributed by atoms with E-state index in [2.05, 4.69) is 13.8 Å². The van der Waals surface area contributed by atoms with Crippen molar-refractivity contribution >= 4 is 6.29 Å². The molecule has 0 aliphatic carbocycles. The van der Waals surface area contributed by atoms with Gasteiger partial charge < -0.3 is 9.47 Å². The van der Waals surface area contributed by atoms with Crippen molar-refractivity contribution in [2.45, 2.75) is 78.1 Å². The highest BCUT2D eigenvalue weighted by atomic mass is 16.7. The van der Waals surface area contributed by atoms with E-state index in [0.717, 1.165) is 38.6 Å². The van der Waals surface area contributed by atoms with Gasteiger partial charge in [-0.05, 0) is 25.3 Å². The first kappa shape index (κ1) is 19.2. The molecule has 0 aromatic rings. The van der Waals surface area contributed by atoms with Crippen LogP contribution in [0.15, 0.2) is 11.8 Å². The fourth-order valence-electron chi connectivity index (χ4n) is 1.92. The molecule has 0 heterocycles. The molecule has 0 aliphatic rings. The van der Waals surface area contributed by atoms with Crippen LogP contribution in [0.5, 0.6) is 0 Å². The summed E-state index contributed by atoms with van der Waals surface area (Å²) >= 11 is 0. The van der Waals surface area contributed by atoms with Gasteiger partial charge in [-0.25, -0.2) is 0 Å². The number of carbonyl (C=O) groups excluding carboxylic acids is 1. The van der Waals surface area contributed by atoms with Crippen LogP contribution in [0.4, 0.5) is 0 Å². The lowest BCUT2D eigenvalue weighted by Gasteiger charge is -2.06. The quantitative estimate of drug-likeness (QED) is 0.139. The number of carbonyl (C=O) groups is 1. The molecule has 0 rings (SSSR count). The molecule has 0 aliphatic heterocycles. The second-order valence-corrected chi connectivity index (χ2v) is 5.16. The highest BCUT2D eigenvalue weighted by Crippen LogP contribution is 2.07. The van der Waals surface area contributed by atoms with Crippen molar-refractivity contribution in [2.75, 3.05) is 13.4 Å². The van der Waals surface area contributed by atoms with E-state index in [9.17, 15) is 4.79 Å². The first-order valence-electron chi connectivity index (χ1n) is 8.21. The molecular weight excluding hydrogens is 252 g/mol. The maximum Gasteiger partial charge on any atom is 0.189 e. The van der Waals surface area contributed by atoms with Crippen LogP contribution in [-0.4, -0.2) is 19.7 Å². The summed E-state index contributed by atoms with van der Waals surface area (Å²) in [5, 5.41) is 0. The third-order valence-electron chi connectivity index (χ3n) is 3.22. The molecule has 0 fully saturated rings. The molecule has 0 aromatic carbocycles. The zero-order valence-corrected chi connectivity index (χ0v) is 13.4. The summed E-state index contributed by atoms with van der Waals surface area (Å²) in [5.74, 6) is 0.401. The van der Waals surface area contributed by atoms with Gasteiger partial charge >= 0.3 is 0 Å². The Balaban J connectivity index is 3.33. The summed E-state index contributed by atoms with van der Waals surface area (Å²) in [5.41, 5.74) is 0. The molecule has 0 aromatic heterocycles. The predicted molar refractivity (Wildman–Crippen MR) is 83.6 cm³/mol. The molecule has 20 heavy (non-hydrogen) atoms. The Kier molecular flexibility index (Phi) is 15.6. The van der Waals surface area contributed by atoms with Crippen LogP contribution < -0.4 is 0 Å². The van der Waals surface area contributed by atoms with Gasteiger partial charge in [0.2, 0.25) is 0 Å². The van der Waals surface area contributed by atoms with Crippen molar-refractivity contribution in [2.24, 2.45) is 0 Å². The molecule has 0 amide bonds. The minimum absolute atomic E-state index is 0.187. The smallest absolute Gasteiger partial charge is 0.189 e. The van der Waals surface area contributed by atoms with E-state index >= 15 is 0 Å². The number of ether oxygens (including phenoxy) is 2. The Hall–Kier alpha value is -0.830. The molecule has 0 atom stereocenters. The summed E-state index contributed by atoms with van der Waals surface area (Å²) in [6.07, 6.45) is 14.6. The maximum atomic E-state index is 10.7. The molecule has 118 valence electrons. The topological polar surface area (TPSA) is 35.5 Å². The van der Waals surface area contributed by atoms with E-state index < -0.39 is 0 Å². The van der Waals surface area contributed by atoms with E-state index in [4.69, 9.17) is 9.47 Å². The van der Waals surface area contributed by atoms with Gasteiger partial charge in [-0.3, -0.25) is 4.79 Å². The van der Waals surface area contributed by atoms with Crippen molar-refractivity contribution in [3.63, 3.8) is 0 Å². The summed E-state index contributed by atoms with van der Waals surface area (Å²) in [6, 6.07) is 0. The average Bonchev–Trinajstić information content (AvgIpc) is 2.47. The van der Waals surface area contributed by atoms with E-state index in [1.807, 2.05) is 6.08 Å². The Morgan fingerprint density at radius 2 is 1.55 bits per heavy atom. The lowest BCUT2D eigenvalue weighted by Crippen LogP contribution is -2.02. The summed E-state index contributed by atoms with van der Waals surface area (Å²) in [6.45, 7) is 5.26. The predicted octanol–water partition coefficient (Wildman–Crippen LogP) is 5.00. The monoisotopic (exact) mass is 284 g/mol. The normalized spacial score (nSPS) is 11.6. The van der Waals surface area contributed by atoms with Crippen molar-refractivity contribution < 1.29 is 14.3 Å². The minimum Gasteiger partial charge on any atom is -0.464 e. The molecule has 0 bridgehead atoms. The van der Waals surface area contributed by atoms with Gasteiger partial charge in [0.1, 0.15) is 0 Å². The van der Waals surface area contributed by atoms with Crippen LogP contribution in [0.25, 0.3) is 0 Å². The largest absolute Gasteiger partial charge is 0.464 e. The van der Waals surface area contributed by atoms with Gasteiger partial charge in [-0.1, -0.05) is 58.8 Å². The number of unbranched alkanes of at least 4 members (excludes halogenated alkanes) is 8. The first-order valence-corrected chi connectivity index (χ1v) is 8.21. The molecule has 0 saturated carbocycles. The van der Waals surface area contributed by atoms with Gasteiger partial charge in [0, 0.05) is 0 Å². The van der Waals surface area contributed by atoms with E-state index in [1.54, 1.807) is 0 Å². The van der Waals surface area contributed by atoms with Gasteiger partial charge in [-0.15, -0.1) is 0 Å². The molecule has 0 saturated heterocycles. The van der Waals surface area contributed by atoms with Gasteiger partial charge in [-0.2, -0.15) is 0 Å². The van der Waals surface area contributed by atoms with Crippen LogP contribution in [0.3, 0.4) is 0 Å². The molecule has 0 N–H and O–H groups in total. The van der Waals surface area contributed by atoms with Crippen LogP contribution in [0.1, 0.15) is 78.1 Å². The van der Waals surface area contributed by atoms with Crippen molar-refractivity contribution in [3.8, 4) is 0 Å². The van der Waals surface area contributed by atoms with Crippen LogP contribution in [0.2, 0.25) is 0 Å². The molecule has 0 radical (unpaired) electrons. The zero-order chi connectivity index (χ0) is 14.9. The number of aldehydes is 1. The molecular formula is C17H32O3.